The molecule has 3 unspecified atom stereocenters. The van der Waals surface area contributed by atoms with Gasteiger partial charge in [-0.25, -0.2) is 0 Å². The van der Waals surface area contributed by atoms with Crippen molar-refractivity contribution >= 4 is 0 Å². The van der Waals surface area contributed by atoms with Gasteiger partial charge < -0.3 is 14.8 Å². The highest BCUT2D eigenvalue weighted by atomic mass is 16.5. The van der Waals surface area contributed by atoms with Gasteiger partial charge in [0.1, 0.15) is 0 Å². The highest BCUT2D eigenvalue weighted by molar-refractivity contribution is 5.29. The molecule has 0 spiro atoms. The summed E-state index contributed by atoms with van der Waals surface area (Å²) >= 11 is 0. The van der Waals surface area contributed by atoms with Crippen molar-refractivity contribution in [3.8, 4) is 5.75 Å². The maximum absolute atomic E-state index is 6.04. The number of nitrogens with one attached hydrogen (secondary N) is 1. The minimum atomic E-state index is 0.146. The minimum Gasteiger partial charge on any atom is -0.493 e. The highest BCUT2D eigenvalue weighted by Gasteiger charge is 2.34. The summed E-state index contributed by atoms with van der Waals surface area (Å²) < 4.78 is 13.5. The summed E-state index contributed by atoms with van der Waals surface area (Å²) in [6.45, 7) is 8.08. The molecule has 5 heteroatoms. The Balaban J connectivity index is 2.29. The first-order valence-corrected chi connectivity index (χ1v) is 7.19. The van der Waals surface area contributed by atoms with Gasteiger partial charge in [0.25, 0.3) is 0 Å². The van der Waals surface area contributed by atoms with E-state index in [4.69, 9.17) is 9.47 Å². The van der Waals surface area contributed by atoms with Crippen LogP contribution in [0.2, 0.25) is 0 Å². The van der Waals surface area contributed by atoms with Crippen LogP contribution in [-0.2, 0) is 11.3 Å². The smallest absolute Gasteiger partial charge is 0.161 e. The quantitative estimate of drug-likeness (QED) is 0.858. The van der Waals surface area contributed by atoms with Gasteiger partial charge in [0.15, 0.2) is 5.75 Å². The summed E-state index contributed by atoms with van der Waals surface area (Å²) in [6, 6.07) is 0.146. The Morgan fingerprint density at radius 2 is 2.32 bits per heavy atom. The standard InChI is InChI=1S/C14H25N3O2/c1-5-15-13(11-8-7-10(3)19-11)14-12(18-4)9-16-17(14)6-2/h9-11,13,15H,5-8H2,1-4H3. The molecule has 0 radical (unpaired) electrons. The first kappa shape index (κ1) is 14.3. The Morgan fingerprint density at radius 3 is 2.84 bits per heavy atom. The van der Waals surface area contributed by atoms with E-state index >= 15 is 0 Å². The maximum atomic E-state index is 6.04. The second-order valence-electron chi connectivity index (χ2n) is 5.01. The molecule has 19 heavy (non-hydrogen) atoms. The van der Waals surface area contributed by atoms with Crippen LogP contribution in [0.3, 0.4) is 0 Å². The van der Waals surface area contributed by atoms with E-state index in [0.717, 1.165) is 37.4 Å². The van der Waals surface area contributed by atoms with E-state index in [1.807, 2.05) is 4.68 Å². The van der Waals surface area contributed by atoms with Gasteiger partial charge in [-0.3, -0.25) is 4.68 Å². The van der Waals surface area contributed by atoms with Crippen LogP contribution in [0.25, 0.3) is 0 Å². The summed E-state index contributed by atoms with van der Waals surface area (Å²) in [5.74, 6) is 0.843. The molecule has 1 aromatic heterocycles. The summed E-state index contributed by atoms with van der Waals surface area (Å²) in [5.41, 5.74) is 1.10. The van der Waals surface area contributed by atoms with E-state index < -0.39 is 0 Å². The van der Waals surface area contributed by atoms with Gasteiger partial charge in [-0.05, 0) is 33.2 Å². The first-order valence-electron chi connectivity index (χ1n) is 7.19. The zero-order valence-corrected chi connectivity index (χ0v) is 12.3. The lowest BCUT2D eigenvalue weighted by Gasteiger charge is -2.25. The monoisotopic (exact) mass is 267 g/mol. The van der Waals surface area contributed by atoms with Crippen molar-refractivity contribution in [1.82, 2.24) is 15.1 Å². The van der Waals surface area contributed by atoms with Gasteiger partial charge in [-0.1, -0.05) is 6.92 Å². The van der Waals surface area contributed by atoms with Crippen LogP contribution in [0, 0.1) is 0 Å². The minimum absolute atomic E-state index is 0.146. The third-order valence-corrected chi connectivity index (χ3v) is 3.72. The lowest BCUT2D eigenvalue weighted by molar-refractivity contribution is 0.0294. The van der Waals surface area contributed by atoms with Crippen molar-refractivity contribution in [3.05, 3.63) is 11.9 Å². The molecule has 0 aliphatic carbocycles. The van der Waals surface area contributed by atoms with Gasteiger partial charge >= 0.3 is 0 Å². The Labute approximate surface area is 115 Å². The third-order valence-electron chi connectivity index (χ3n) is 3.72. The predicted octanol–water partition coefficient (Wildman–Crippen LogP) is 2.13. The number of aromatic nitrogens is 2. The van der Waals surface area contributed by atoms with Crippen molar-refractivity contribution < 1.29 is 9.47 Å². The lowest BCUT2D eigenvalue weighted by atomic mass is 10.0. The average molecular weight is 267 g/mol. The zero-order chi connectivity index (χ0) is 13.8. The Kier molecular flexibility index (Phi) is 4.82. The molecular weight excluding hydrogens is 242 g/mol. The van der Waals surface area contributed by atoms with Crippen LogP contribution >= 0.6 is 0 Å². The number of likely N-dealkylation sites (N-methyl/N-ethyl adjacent to an activating group) is 1. The molecular formula is C14H25N3O2. The summed E-state index contributed by atoms with van der Waals surface area (Å²) in [6.07, 6.45) is 4.54. The van der Waals surface area contributed by atoms with E-state index in [1.54, 1.807) is 13.3 Å². The molecule has 2 heterocycles. The fraction of sp³-hybridized carbons (Fsp3) is 0.786. The van der Waals surface area contributed by atoms with E-state index in [-0.39, 0.29) is 12.1 Å². The van der Waals surface area contributed by atoms with Crippen LogP contribution in [0.5, 0.6) is 5.75 Å². The third kappa shape index (κ3) is 2.92. The number of aryl methyl sites for hydroxylation is 1. The maximum Gasteiger partial charge on any atom is 0.161 e. The van der Waals surface area contributed by atoms with Crippen molar-refractivity contribution in [2.45, 2.75) is 58.4 Å². The predicted molar refractivity (Wildman–Crippen MR) is 74.4 cm³/mol. The molecule has 1 fully saturated rings. The Hall–Kier alpha value is -1.07. The zero-order valence-electron chi connectivity index (χ0n) is 12.3. The summed E-state index contributed by atoms with van der Waals surface area (Å²) in [4.78, 5) is 0. The molecule has 1 aliphatic heterocycles. The van der Waals surface area contributed by atoms with Crippen molar-refractivity contribution in [2.24, 2.45) is 0 Å². The van der Waals surface area contributed by atoms with Crippen LogP contribution in [0.15, 0.2) is 6.20 Å². The van der Waals surface area contributed by atoms with E-state index in [0.29, 0.717) is 6.10 Å². The molecule has 2 rings (SSSR count). The second kappa shape index (κ2) is 6.39. The van der Waals surface area contributed by atoms with Gasteiger partial charge in [-0.2, -0.15) is 5.10 Å². The van der Waals surface area contributed by atoms with Crippen molar-refractivity contribution in [3.63, 3.8) is 0 Å². The van der Waals surface area contributed by atoms with Crippen LogP contribution in [0.4, 0.5) is 0 Å². The van der Waals surface area contributed by atoms with E-state index in [9.17, 15) is 0 Å². The molecule has 0 amide bonds. The molecule has 0 saturated carbocycles. The molecule has 1 aliphatic rings. The van der Waals surface area contributed by atoms with Gasteiger partial charge in [0.2, 0.25) is 0 Å². The van der Waals surface area contributed by atoms with E-state index in [1.165, 1.54) is 0 Å². The molecule has 5 nitrogen and oxygen atoms in total. The van der Waals surface area contributed by atoms with Gasteiger partial charge in [0, 0.05) is 6.54 Å². The van der Waals surface area contributed by atoms with Crippen LogP contribution in [-0.4, -0.2) is 35.6 Å². The molecule has 0 bridgehead atoms. The normalized spacial score (nSPS) is 24.6. The van der Waals surface area contributed by atoms with E-state index in [2.05, 4.69) is 31.2 Å². The number of hydrogen-bond donors (Lipinski definition) is 1. The molecule has 0 aromatic carbocycles. The first-order chi connectivity index (χ1) is 9.21. The molecule has 3 atom stereocenters. The number of methoxy groups -OCH3 is 1. The number of nitrogens with zero attached hydrogens (tertiary/aromatic N) is 2. The largest absolute Gasteiger partial charge is 0.493 e. The topological polar surface area (TPSA) is 48.3 Å². The fourth-order valence-electron chi connectivity index (χ4n) is 2.80. The van der Waals surface area contributed by atoms with Crippen molar-refractivity contribution in [1.29, 1.82) is 0 Å². The second-order valence-corrected chi connectivity index (χ2v) is 5.01. The SMILES string of the molecule is CCNC(c1c(OC)cnn1CC)C1CCC(C)O1. The number of ether oxygens (including phenoxy) is 2. The van der Waals surface area contributed by atoms with Gasteiger partial charge in [0.05, 0.1) is 37.3 Å². The average Bonchev–Trinajstić information content (AvgIpc) is 3.01. The fourth-order valence-corrected chi connectivity index (χ4v) is 2.80. The lowest BCUT2D eigenvalue weighted by Crippen LogP contribution is -2.34. The summed E-state index contributed by atoms with van der Waals surface area (Å²) in [5, 5.41) is 7.93. The Bertz CT molecular complexity index is 384. The molecule has 1 aromatic rings. The summed E-state index contributed by atoms with van der Waals surface area (Å²) in [7, 11) is 1.70. The Morgan fingerprint density at radius 1 is 1.53 bits per heavy atom. The van der Waals surface area contributed by atoms with Crippen LogP contribution < -0.4 is 10.1 Å². The molecule has 1 saturated heterocycles. The number of rotatable bonds is 6. The number of hydrogen-bond acceptors (Lipinski definition) is 4. The molecule has 1 N–H and O–H groups in total. The van der Waals surface area contributed by atoms with Crippen molar-refractivity contribution in [2.75, 3.05) is 13.7 Å². The highest BCUT2D eigenvalue weighted by Crippen LogP contribution is 2.34. The molecule has 108 valence electrons. The van der Waals surface area contributed by atoms with Crippen LogP contribution in [0.1, 0.15) is 45.3 Å². The van der Waals surface area contributed by atoms with Gasteiger partial charge in [-0.15, -0.1) is 0 Å².